The van der Waals surface area contributed by atoms with Crippen LogP contribution in [0.2, 0.25) is 0 Å². The molecule has 168 valence electrons. The molecule has 11 heteroatoms. The van der Waals surface area contributed by atoms with Gasteiger partial charge in [-0.05, 0) is 18.1 Å². The Labute approximate surface area is 189 Å². The third-order valence-electron chi connectivity index (χ3n) is 4.93. The second-order valence-electron chi connectivity index (χ2n) is 7.08. The molecule has 0 aliphatic carbocycles. The number of hydrogen-bond donors (Lipinski definition) is 3. The topological polar surface area (TPSA) is 158 Å². The molecule has 0 unspecified atom stereocenters. The molecule has 0 spiro atoms. The summed E-state index contributed by atoms with van der Waals surface area (Å²) in [6.45, 7) is 3.06. The lowest BCUT2D eigenvalue weighted by Crippen LogP contribution is -2.16. The summed E-state index contributed by atoms with van der Waals surface area (Å²) in [4.78, 5) is 27.3. The Morgan fingerprint density at radius 1 is 1.03 bits per heavy atom. The zero-order valence-electron chi connectivity index (χ0n) is 17.9. The first-order chi connectivity index (χ1) is 16.0. The third-order valence-corrected chi connectivity index (χ3v) is 4.93. The minimum absolute atomic E-state index is 0.129. The van der Waals surface area contributed by atoms with Gasteiger partial charge in [0.25, 0.3) is 0 Å². The van der Waals surface area contributed by atoms with Crippen molar-refractivity contribution in [3.8, 4) is 22.6 Å². The first-order valence-corrected chi connectivity index (χ1v) is 10.3. The number of aromatic nitrogens is 4. The fourth-order valence-electron chi connectivity index (χ4n) is 3.24. The maximum atomic E-state index is 10.8. The standard InChI is InChI=1S/C22H22N8O3/c1-2-14-11-27-22(26-10-9-25-19-8-7-17(30(31)32)21(23)28-19)29-20(14)16-5-3-15(4-6-16)18-12-24-13-33-18/h3-8,11-13H,2,9-10H2,1H3,(H3,23,25,28)(H,26,27,29). The molecule has 3 aromatic heterocycles. The second kappa shape index (κ2) is 9.73. The zero-order chi connectivity index (χ0) is 23.2. The highest BCUT2D eigenvalue weighted by atomic mass is 16.6. The number of nitrogens with two attached hydrogens (primary N) is 1. The van der Waals surface area contributed by atoms with Gasteiger partial charge in [-0.25, -0.2) is 19.9 Å². The van der Waals surface area contributed by atoms with Gasteiger partial charge in [0.05, 0.1) is 16.8 Å². The van der Waals surface area contributed by atoms with Crippen molar-refractivity contribution >= 4 is 23.3 Å². The van der Waals surface area contributed by atoms with Crippen LogP contribution in [0.3, 0.4) is 0 Å². The summed E-state index contributed by atoms with van der Waals surface area (Å²) < 4.78 is 5.34. The van der Waals surface area contributed by atoms with E-state index in [0.29, 0.717) is 30.6 Å². The minimum Gasteiger partial charge on any atom is -0.444 e. The first-order valence-electron chi connectivity index (χ1n) is 10.3. The molecule has 0 saturated carbocycles. The zero-order valence-corrected chi connectivity index (χ0v) is 17.9. The van der Waals surface area contributed by atoms with Crippen LogP contribution in [-0.2, 0) is 6.42 Å². The number of pyridine rings is 1. The van der Waals surface area contributed by atoms with E-state index in [0.717, 1.165) is 28.8 Å². The lowest BCUT2D eigenvalue weighted by atomic mass is 10.0. The molecule has 4 aromatic rings. The van der Waals surface area contributed by atoms with Crippen LogP contribution in [0.15, 0.2) is 59.6 Å². The molecular weight excluding hydrogens is 424 g/mol. The van der Waals surface area contributed by atoms with E-state index in [1.165, 1.54) is 18.5 Å². The number of benzene rings is 1. The number of anilines is 3. The van der Waals surface area contributed by atoms with Crippen molar-refractivity contribution in [2.24, 2.45) is 0 Å². The van der Waals surface area contributed by atoms with E-state index in [1.54, 1.807) is 6.20 Å². The predicted molar refractivity (Wildman–Crippen MR) is 125 cm³/mol. The molecule has 0 fully saturated rings. The fraction of sp³-hybridized carbons (Fsp3) is 0.182. The van der Waals surface area contributed by atoms with Crippen LogP contribution >= 0.6 is 0 Å². The number of nitrogen functional groups attached to an aromatic ring is 1. The van der Waals surface area contributed by atoms with Crippen molar-refractivity contribution in [2.75, 3.05) is 29.5 Å². The average molecular weight is 446 g/mol. The van der Waals surface area contributed by atoms with Crippen molar-refractivity contribution in [1.29, 1.82) is 0 Å². The van der Waals surface area contributed by atoms with Gasteiger partial charge in [-0.1, -0.05) is 31.2 Å². The van der Waals surface area contributed by atoms with Crippen LogP contribution in [0.5, 0.6) is 0 Å². The molecule has 0 atom stereocenters. The molecule has 3 heterocycles. The highest BCUT2D eigenvalue weighted by Crippen LogP contribution is 2.26. The third kappa shape index (κ3) is 5.03. The molecule has 1 aromatic carbocycles. The van der Waals surface area contributed by atoms with Crippen LogP contribution in [0, 0.1) is 10.1 Å². The largest absolute Gasteiger partial charge is 0.444 e. The lowest BCUT2D eigenvalue weighted by molar-refractivity contribution is -0.384. The molecule has 4 rings (SSSR count). The monoisotopic (exact) mass is 446 g/mol. The summed E-state index contributed by atoms with van der Waals surface area (Å²) in [6, 6.07) is 10.8. The second-order valence-corrected chi connectivity index (χ2v) is 7.08. The summed E-state index contributed by atoms with van der Waals surface area (Å²) in [6.07, 6.45) is 5.70. The summed E-state index contributed by atoms with van der Waals surface area (Å²) in [5.41, 5.74) is 9.21. The maximum Gasteiger partial charge on any atom is 0.311 e. The summed E-state index contributed by atoms with van der Waals surface area (Å²) in [7, 11) is 0. The van der Waals surface area contributed by atoms with Gasteiger partial charge < -0.3 is 20.8 Å². The highest BCUT2D eigenvalue weighted by molar-refractivity contribution is 5.68. The van der Waals surface area contributed by atoms with E-state index in [1.807, 2.05) is 30.5 Å². The Hall–Kier alpha value is -4.54. The van der Waals surface area contributed by atoms with Gasteiger partial charge in [0.15, 0.2) is 12.2 Å². The molecule has 0 saturated heterocycles. The van der Waals surface area contributed by atoms with Crippen molar-refractivity contribution in [2.45, 2.75) is 13.3 Å². The van der Waals surface area contributed by atoms with Crippen molar-refractivity contribution < 1.29 is 9.34 Å². The number of hydrogen-bond acceptors (Lipinski definition) is 10. The molecule has 0 aliphatic heterocycles. The molecular formula is C22H22N8O3. The van der Waals surface area contributed by atoms with Gasteiger partial charge in [0, 0.05) is 36.5 Å². The quantitative estimate of drug-likeness (QED) is 0.196. The molecule has 11 nitrogen and oxygen atoms in total. The van der Waals surface area contributed by atoms with E-state index >= 15 is 0 Å². The van der Waals surface area contributed by atoms with Gasteiger partial charge in [-0.15, -0.1) is 0 Å². The van der Waals surface area contributed by atoms with Crippen LogP contribution in [0.1, 0.15) is 12.5 Å². The van der Waals surface area contributed by atoms with Crippen molar-refractivity contribution in [1.82, 2.24) is 19.9 Å². The number of nitrogens with one attached hydrogen (secondary N) is 2. The lowest BCUT2D eigenvalue weighted by Gasteiger charge is -2.11. The number of aryl methyl sites for hydroxylation is 1. The maximum absolute atomic E-state index is 10.8. The van der Waals surface area contributed by atoms with E-state index in [9.17, 15) is 10.1 Å². The van der Waals surface area contributed by atoms with Crippen LogP contribution in [-0.4, -0.2) is 37.9 Å². The van der Waals surface area contributed by atoms with Crippen LogP contribution in [0.4, 0.5) is 23.3 Å². The Bertz CT molecular complexity index is 1240. The number of oxazole rings is 1. The normalized spacial score (nSPS) is 10.7. The predicted octanol–water partition coefficient (Wildman–Crippen LogP) is 3.77. The fourth-order valence-corrected chi connectivity index (χ4v) is 3.24. The first kappa shape index (κ1) is 21.7. The van der Waals surface area contributed by atoms with Gasteiger partial charge in [0.1, 0.15) is 5.82 Å². The van der Waals surface area contributed by atoms with Crippen molar-refractivity contribution in [3.05, 3.63) is 70.9 Å². The van der Waals surface area contributed by atoms with Crippen molar-refractivity contribution in [3.63, 3.8) is 0 Å². The average Bonchev–Trinajstić information content (AvgIpc) is 3.37. The molecule has 4 N–H and O–H groups in total. The van der Waals surface area contributed by atoms with E-state index in [2.05, 4.69) is 32.5 Å². The Balaban J connectivity index is 1.40. The highest BCUT2D eigenvalue weighted by Gasteiger charge is 2.13. The van der Waals surface area contributed by atoms with E-state index in [-0.39, 0.29) is 11.5 Å². The van der Waals surface area contributed by atoms with E-state index in [4.69, 9.17) is 15.1 Å². The molecule has 0 amide bonds. The van der Waals surface area contributed by atoms with E-state index < -0.39 is 4.92 Å². The number of rotatable bonds is 9. The number of nitrogens with zero attached hydrogens (tertiary/aromatic N) is 5. The SMILES string of the molecule is CCc1cnc(NCCNc2ccc([N+](=O)[O-])c(N)n2)nc1-c1ccc(-c2cnco2)cc1. The summed E-state index contributed by atoms with van der Waals surface area (Å²) >= 11 is 0. The summed E-state index contributed by atoms with van der Waals surface area (Å²) in [5, 5.41) is 17.1. The van der Waals surface area contributed by atoms with Gasteiger partial charge in [-0.2, -0.15) is 0 Å². The minimum atomic E-state index is -0.565. The Morgan fingerprint density at radius 3 is 2.45 bits per heavy atom. The summed E-state index contributed by atoms with van der Waals surface area (Å²) in [5.74, 6) is 1.53. The molecule has 0 bridgehead atoms. The van der Waals surface area contributed by atoms with Gasteiger partial charge in [-0.3, -0.25) is 10.1 Å². The van der Waals surface area contributed by atoms with Crippen LogP contribution in [0.25, 0.3) is 22.6 Å². The molecule has 33 heavy (non-hydrogen) atoms. The Kier molecular flexibility index (Phi) is 6.39. The van der Waals surface area contributed by atoms with Crippen LogP contribution < -0.4 is 16.4 Å². The molecule has 0 aliphatic rings. The smallest absolute Gasteiger partial charge is 0.311 e. The number of nitro groups is 1. The Morgan fingerprint density at radius 2 is 1.79 bits per heavy atom. The van der Waals surface area contributed by atoms with Gasteiger partial charge >= 0.3 is 5.69 Å². The molecule has 0 radical (unpaired) electrons. The van der Waals surface area contributed by atoms with Gasteiger partial charge in [0.2, 0.25) is 11.8 Å².